The Kier molecular flexibility index (Phi) is 3.82. The molecule has 4 rings (SSSR count). The maximum atomic E-state index is 12.7. The summed E-state index contributed by atoms with van der Waals surface area (Å²) in [7, 11) is -0.973. The van der Waals surface area contributed by atoms with E-state index in [1.54, 1.807) is 25.2 Å². The number of nitrogens with zero attached hydrogens (tertiary/aromatic N) is 4. The number of aliphatic hydroxyl groups is 1. The van der Waals surface area contributed by atoms with Crippen LogP contribution in [-0.2, 0) is 0 Å². The molecule has 2 atom stereocenters. The molecule has 0 bridgehead atoms. The Morgan fingerprint density at radius 1 is 1.46 bits per heavy atom. The van der Waals surface area contributed by atoms with Gasteiger partial charge in [-0.1, -0.05) is 0 Å². The van der Waals surface area contributed by atoms with Crippen LogP contribution in [0.3, 0.4) is 0 Å². The van der Waals surface area contributed by atoms with Gasteiger partial charge in [0.05, 0.1) is 29.5 Å². The van der Waals surface area contributed by atoms with E-state index in [-0.39, 0.29) is 23.1 Å². The van der Waals surface area contributed by atoms with Gasteiger partial charge in [0.25, 0.3) is 5.91 Å². The molecular weight excluding hydrogens is 362 g/mol. The quantitative estimate of drug-likeness (QED) is 0.497. The second-order valence-corrected chi connectivity index (χ2v) is 6.38. The molecule has 10 nitrogen and oxygen atoms in total. The third kappa shape index (κ3) is 3.18. The van der Waals surface area contributed by atoms with Gasteiger partial charge in [-0.25, -0.2) is 9.97 Å². The van der Waals surface area contributed by atoms with Crippen molar-refractivity contribution in [3.63, 3.8) is 0 Å². The summed E-state index contributed by atoms with van der Waals surface area (Å²) >= 11 is 0. The van der Waals surface area contributed by atoms with Gasteiger partial charge in [-0.2, -0.15) is 9.61 Å². The summed E-state index contributed by atoms with van der Waals surface area (Å²) in [6.07, 6.45) is 3.63. The topological polar surface area (TPSA) is 126 Å². The van der Waals surface area contributed by atoms with E-state index in [0.29, 0.717) is 30.2 Å². The second kappa shape index (κ2) is 7.31. The summed E-state index contributed by atoms with van der Waals surface area (Å²) in [5, 5.41) is 22.7. The Morgan fingerprint density at radius 3 is 3.07 bits per heavy atom. The minimum absolute atomic E-state index is 0.111. The van der Waals surface area contributed by atoms with E-state index in [0.717, 1.165) is 0 Å². The molecule has 28 heavy (non-hydrogen) atoms. The van der Waals surface area contributed by atoms with Gasteiger partial charge in [-0.3, -0.25) is 4.79 Å². The average molecular weight is 386 g/mol. The molecule has 0 unspecified atom stereocenters. The normalized spacial score (nSPS) is 20.4. The number of anilines is 3. The second-order valence-electron chi connectivity index (χ2n) is 6.38. The smallest absolute Gasteiger partial charge is 0.257 e. The van der Waals surface area contributed by atoms with Crippen molar-refractivity contribution >= 4 is 28.9 Å². The van der Waals surface area contributed by atoms with Crippen molar-refractivity contribution in [2.45, 2.75) is 25.0 Å². The number of carbonyl (C=O) groups is 1. The van der Waals surface area contributed by atoms with Crippen LogP contribution in [0.25, 0.3) is 5.65 Å². The fraction of sp³-hybridized carbons (Fsp3) is 0.333. The third-order valence-electron chi connectivity index (χ3n) is 4.66. The van der Waals surface area contributed by atoms with Gasteiger partial charge in [0.1, 0.15) is 22.9 Å². The Morgan fingerprint density at radius 2 is 2.36 bits per heavy atom. The van der Waals surface area contributed by atoms with Gasteiger partial charge in [-0.15, -0.1) is 0 Å². The van der Waals surface area contributed by atoms with Crippen molar-refractivity contribution in [1.29, 1.82) is 0 Å². The van der Waals surface area contributed by atoms with Crippen molar-refractivity contribution in [1.82, 2.24) is 24.9 Å². The lowest BCUT2D eigenvalue weighted by molar-refractivity contribution is 0.0448. The van der Waals surface area contributed by atoms with E-state index in [1.807, 2.05) is 0 Å². The van der Waals surface area contributed by atoms with Gasteiger partial charge < -0.3 is 25.8 Å². The zero-order valence-corrected chi connectivity index (χ0v) is 15.0. The third-order valence-corrected chi connectivity index (χ3v) is 4.66. The number of hydrogen-bond acceptors (Lipinski definition) is 8. The molecule has 1 saturated carbocycles. The molecular formula is C18H21N7O3. The minimum Gasteiger partial charge on any atom is -0.480 e. The molecule has 3 heterocycles. The average Bonchev–Trinajstić information content (AvgIpc) is 3.14. The largest absolute Gasteiger partial charge is 0.480 e. The van der Waals surface area contributed by atoms with Gasteiger partial charge in [0, 0.05) is 19.3 Å². The summed E-state index contributed by atoms with van der Waals surface area (Å²) in [6.45, 7) is 0. The molecule has 0 saturated heterocycles. The van der Waals surface area contributed by atoms with Crippen LogP contribution in [-0.4, -0.2) is 56.8 Å². The van der Waals surface area contributed by atoms with Crippen molar-refractivity contribution in [3.8, 4) is 5.88 Å². The van der Waals surface area contributed by atoms with E-state index < -0.39 is 19.0 Å². The molecule has 146 valence electrons. The van der Waals surface area contributed by atoms with Crippen LogP contribution < -0.4 is 20.7 Å². The van der Waals surface area contributed by atoms with Crippen LogP contribution in [0.15, 0.2) is 30.6 Å². The van der Waals surface area contributed by atoms with Crippen molar-refractivity contribution in [3.05, 3.63) is 36.2 Å². The van der Waals surface area contributed by atoms with Crippen LogP contribution >= 0.6 is 0 Å². The number of rotatable bonds is 6. The van der Waals surface area contributed by atoms with Crippen molar-refractivity contribution in [2.75, 3.05) is 24.7 Å². The fourth-order valence-electron chi connectivity index (χ4n) is 2.97. The maximum absolute atomic E-state index is 12.7. The zero-order valence-electron chi connectivity index (χ0n) is 18.0. The fourth-order valence-corrected chi connectivity index (χ4v) is 2.97. The highest BCUT2D eigenvalue weighted by molar-refractivity contribution is 6.00. The zero-order chi connectivity index (χ0) is 22.2. The summed E-state index contributed by atoms with van der Waals surface area (Å²) in [5.41, 5.74) is 0.813. The standard InChI is InChI=1S/C18H21N7O3/c1-19-15-8-14(22-12-4-3-7-20-18(12)28-2)24-16-10(9-21-25(15)16)17(27)23-11-5-6-13(11)26/h3-4,7-9,11,13,19,26H,5-6H2,1-2H3,(H,22,24)(H,23,27)/t11-,13+/m1/s1/i2D3. The lowest BCUT2D eigenvalue weighted by atomic mass is 9.89. The number of aromatic nitrogens is 4. The molecule has 0 aromatic carbocycles. The molecule has 1 aliphatic rings. The van der Waals surface area contributed by atoms with Gasteiger partial charge in [-0.05, 0) is 25.0 Å². The highest BCUT2D eigenvalue weighted by Gasteiger charge is 2.31. The summed E-state index contributed by atoms with van der Waals surface area (Å²) in [4.78, 5) is 21.1. The first-order valence-electron chi connectivity index (χ1n) is 10.2. The lowest BCUT2D eigenvalue weighted by Gasteiger charge is -2.32. The molecule has 0 spiro atoms. The number of fused-ring (bicyclic) bond motifs is 1. The van der Waals surface area contributed by atoms with Crippen LogP contribution in [0, 0.1) is 0 Å². The van der Waals surface area contributed by atoms with E-state index >= 15 is 0 Å². The molecule has 3 aromatic heterocycles. The predicted octanol–water partition coefficient (Wildman–Crippen LogP) is 1.17. The number of amides is 1. The first-order chi connectivity index (χ1) is 14.7. The molecule has 10 heteroatoms. The van der Waals surface area contributed by atoms with Gasteiger partial charge in [0.15, 0.2) is 5.65 Å². The molecule has 1 aliphatic carbocycles. The molecule has 1 fully saturated rings. The summed E-state index contributed by atoms with van der Waals surface area (Å²) in [6, 6.07) is 4.57. The molecule has 0 aliphatic heterocycles. The van der Waals surface area contributed by atoms with Crippen molar-refractivity contribution < 1.29 is 18.8 Å². The van der Waals surface area contributed by atoms with E-state index in [2.05, 4.69) is 31.0 Å². The SMILES string of the molecule is [2H]C([2H])([2H])Oc1ncccc1Nc1cc(NC)n2ncc(C(=O)N[C@@H]3CC[C@@H]3O)c2n1. The number of methoxy groups -OCH3 is 1. The maximum Gasteiger partial charge on any atom is 0.257 e. The van der Waals surface area contributed by atoms with Crippen LogP contribution in [0.4, 0.5) is 17.3 Å². The minimum atomic E-state index is -2.67. The van der Waals surface area contributed by atoms with E-state index in [1.165, 1.54) is 16.9 Å². The number of nitrogens with one attached hydrogen (secondary N) is 3. The number of hydrogen-bond donors (Lipinski definition) is 4. The highest BCUT2D eigenvalue weighted by Crippen LogP contribution is 2.27. The molecule has 4 N–H and O–H groups in total. The highest BCUT2D eigenvalue weighted by atomic mass is 16.5. The first-order valence-corrected chi connectivity index (χ1v) is 8.71. The monoisotopic (exact) mass is 386 g/mol. The number of aliphatic hydroxyl groups excluding tert-OH is 1. The summed E-state index contributed by atoms with van der Waals surface area (Å²) in [5.74, 6) is 0.356. The first kappa shape index (κ1) is 14.6. The Hall–Kier alpha value is -3.40. The van der Waals surface area contributed by atoms with Crippen LogP contribution in [0.5, 0.6) is 5.88 Å². The lowest BCUT2D eigenvalue weighted by Crippen LogP contribution is -2.50. The van der Waals surface area contributed by atoms with E-state index in [4.69, 9.17) is 8.85 Å². The molecule has 1 amide bonds. The number of pyridine rings is 1. The van der Waals surface area contributed by atoms with E-state index in [9.17, 15) is 9.90 Å². The molecule has 0 radical (unpaired) electrons. The summed E-state index contributed by atoms with van der Waals surface area (Å²) < 4.78 is 28.3. The molecule has 3 aromatic rings. The van der Waals surface area contributed by atoms with Gasteiger partial charge >= 0.3 is 0 Å². The predicted molar refractivity (Wildman–Crippen MR) is 103 cm³/mol. The number of ether oxygens (including phenoxy) is 1. The number of carbonyl (C=O) groups excluding carboxylic acids is 1. The van der Waals surface area contributed by atoms with Gasteiger partial charge in [0.2, 0.25) is 5.88 Å². The van der Waals surface area contributed by atoms with Crippen LogP contribution in [0.1, 0.15) is 27.3 Å². The Bertz CT molecular complexity index is 1120. The van der Waals surface area contributed by atoms with Crippen LogP contribution in [0.2, 0.25) is 0 Å². The van der Waals surface area contributed by atoms with Crippen molar-refractivity contribution in [2.24, 2.45) is 0 Å². The Labute approximate surface area is 165 Å². The Balaban J connectivity index is 1.67.